The molecule has 0 atom stereocenters. The third kappa shape index (κ3) is 2.70. The Balaban J connectivity index is 1.37. The molecule has 5 aromatic rings. The quantitative estimate of drug-likeness (QED) is 0.481. The van der Waals surface area contributed by atoms with E-state index in [1.165, 1.54) is 17.7 Å². The van der Waals surface area contributed by atoms with Crippen molar-refractivity contribution in [3.05, 3.63) is 61.4 Å². The van der Waals surface area contributed by atoms with E-state index in [2.05, 4.69) is 25.3 Å². The highest BCUT2D eigenvalue weighted by molar-refractivity contribution is 7.18. The van der Waals surface area contributed by atoms with E-state index in [0.717, 1.165) is 21.8 Å². The van der Waals surface area contributed by atoms with Crippen LogP contribution in [0, 0.1) is 0 Å². The molecule has 0 saturated heterocycles. The molecule has 0 aliphatic rings. The third-order valence-electron chi connectivity index (χ3n) is 3.65. The van der Waals surface area contributed by atoms with Crippen molar-refractivity contribution < 1.29 is 9.15 Å². The topological polar surface area (TPSA) is 91.2 Å². The number of imidazole rings is 1. The summed E-state index contributed by atoms with van der Waals surface area (Å²) in [4.78, 5) is 9.42. The number of hydrogen-bond donors (Lipinski definition) is 0. The van der Waals surface area contributed by atoms with Crippen molar-refractivity contribution in [3.8, 4) is 33.7 Å². The molecule has 4 aromatic heterocycles. The molecule has 4 heterocycles. The van der Waals surface area contributed by atoms with Crippen LogP contribution in [0.15, 0.2) is 65.8 Å². The molecule has 126 valence electrons. The normalized spacial score (nSPS) is 11.1. The minimum Gasteiger partial charge on any atom is -0.430 e. The average Bonchev–Trinajstić information content (AvgIpc) is 3.39. The monoisotopic (exact) mass is 362 g/mol. The fourth-order valence-corrected chi connectivity index (χ4v) is 3.20. The van der Waals surface area contributed by atoms with Crippen molar-refractivity contribution in [1.82, 2.24) is 29.8 Å². The van der Waals surface area contributed by atoms with Gasteiger partial charge in [-0.3, -0.25) is 4.98 Å². The van der Waals surface area contributed by atoms with Crippen molar-refractivity contribution >= 4 is 16.3 Å². The van der Waals surface area contributed by atoms with Crippen molar-refractivity contribution in [2.75, 3.05) is 0 Å². The summed E-state index contributed by atoms with van der Waals surface area (Å²) in [5, 5.41) is 12.5. The fourth-order valence-electron chi connectivity index (χ4n) is 2.44. The van der Waals surface area contributed by atoms with Crippen LogP contribution < -0.4 is 4.74 Å². The third-order valence-corrected chi connectivity index (χ3v) is 4.45. The molecular weight excluding hydrogens is 352 g/mol. The average molecular weight is 362 g/mol. The molecule has 8 nitrogen and oxygen atoms in total. The second kappa shape index (κ2) is 6.05. The van der Waals surface area contributed by atoms with Gasteiger partial charge in [-0.2, -0.15) is 0 Å². The summed E-state index contributed by atoms with van der Waals surface area (Å²) >= 11 is 1.37. The Morgan fingerprint density at radius 3 is 2.73 bits per heavy atom. The molecule has 0 aliphatic heterocycles. The van der Waals surface area contributed by atoms with E-state index in [4.69, 9.17) is 9.15 Å². The fraction of sp³-hybridized carbons (Fsp3) is 0. The van der Waals surface area contributed by atoms with Gasteiger partial charge in [0.05, 0.1) is 11.9 Å². The maximum Gasteiger partial charge on any atom is 0.299 e. The lowest BCUT2D eigenvalue weighted by Crippen LogP contribution is -1.86. The van der Waals surface area contributed by atoms with E-state index in [1.54, 1.807) is 16.9 Å². The number of ether oxygens (including phenoxy) is 1. The molecule has 0 spiro atoms. The Morgan fingerprint density at radius 2 is 2.00 bits per heavy atom. The van der Waals surface area contributed by atoms with Crippen molar-refractivity contribution in [1.29, 1.82) is 0 Å². The van der Waals surface area contributed by atoms with E-state index in [0.29, 0.717) is 16.8 Å². The Kier molecular flexibility index (Phi) is 3.42. The van der Waals surface area contributed by atoms with Gasteiger partial charge in [0.2, 0.25) is 17.2 Å². The van der Waals surface area contributed by atoms with Gasteiger partial charge in [0.25, 0.3) is 5.19 Å². The molecule has 9 heteroatoms. The highest BCUT2D eigenvalue weighted by atomic mass is 32.1. The van der Waals surface area contributed by atoms with E-state index in [1.807, 2.05) is 42.6 Å². The van der Waals surface area contributed by atoms with E-state index >= 15 is 0 Å². The number of nitrogens with zero attached hydrogens (tertiary/aromatic N) is 6. The van der Waals surface area contributed by atoms with Crippen LogP contribution in [0.25, 0.3) is 27.7 Å². The molecule has 0 fully saturated rings. The number of fused-ring (bicyclic) bond motifs is 1. The lowest BCUT2D eigenvalue weighted by molar-refractivity contribution is 0.470. The van der Waals surface area contributed by atoms with Gasteiger partial charge in [0, 0.05) is 23.5 Å². The molecule has 5 rings (SSSR count). The van der Waals surface area contributed by atoms with E-state index in [9.17, 15) is 0 Å². The van der Waals surface area contributed by atoms with E-state index in [-0.39, 0.29) is 0 Å². The van der Waals surface area contributed by atoms with Crippen LogP contribution in [0.4, 0.5) is 0 Å². The Morgan fingerprint density at radius 1 is 1.08 bits per heavy atom. The van der Waals surface area contributed by atoms with Crippen LogP contribution in [0.3, 0.4) is 0 Å². The van der Waals surface area contributed by atoms with E-state index < -0.39 is 0 Å². The number of pyridine rings is 1. The Bertz CT molecular complexity index is 1120. The standard InChI is InChI=1S/C17H10N6O2S/c1-2-12(8-18-7-1)14-9-23-16(20-14)26-17(22-23)25-13-5-3-11(4-6-13)15-21-19-10-24-15/h1-10H. The molecule has 26 heavy (non-hydrogen) atoms. The SMILES string of the molecule is c1cncc(-c2cn3nc(Oc4ccc(-c5nnco5)cc4)sc3n2)c1. The first kappa shape index (κ1) is 14.7. The lowest BCUT2D eigenvalue weighted by atomic mass is 10.2. The number of benzene rings is 1. The molecule has 0 unspecified atom stereocenters. The lowest BCUT2D eigenvalue weighted by Gasteiger charge is -2.01. The summed E-state index contributed by atoms with van der Waals surface area (Å²) in [6, 6.07) is 11.2. The predicted octanol–water partition coefficient (Wildman–Crippen LogP) is 3.70. The molecule has 0 amide bonds. The molecule has 0 saturated carbocycles. The minimum absolute atomic E-state index is 0.465. The number of aromatic nitrogens is 6. The van der Waals surface area contributed by atoms with Crippen LogP contribution in [-0.4, -0.2) is 29.8 Å². The van der Waals surface area contributed by atoms with Crippen molar-refractivity contribution in [3.63, 3.8) is 0 Å². The van der Waals surface area contributed by atoms with Gasteiger partial charge in [-0.05, 0) is 47.7 Å². The highest BCUT2D eigenvalue weighted by Gasteiger charge is 2.11. The number of rotatable bonds is 4. The molecule has 0 N–H and O–H groups in total. The van der Waals surface area contributed by atoms with Gasteiger partial charge < -0.3 is 9.15 Å². The first-order chi connectivity index (χ1) is 12.8. The minimum atomic E-state index is 0.465. The van der Waals surface area contributed by atoms with Gasteiger partial charge >= 0.3 is 0 Å². The van der Waals surface area contributed by atoms with Gasteiger partial charge in [0.1, 0.15) is 5.75 Å². The Labute approximate surface area is 150 Å². The van der Waals surface area contributed by atoms with Crippen LogP contribution >= 0.6 is 11.3 Å². The first-order valence-corrected chi connectivity index (χ1v) is 8.48. The largest absolute Gasteiger partial charge is 0.430 e. The summed E-state index contributed by atoms with van der Waals surface area (Å²) in [5.41, 5.74) is 2.60. The summed E-state index contributed by atoms with van der Waals surface area (Å²) in [6.45, 7) is 0. The highest BCUT2D eigenvalue weighted by Crippen LogP contribution is 2.30. The molecule has 0 aliphatic carbocycles. The molecular formula is C17H10N6O2S. The molecule has 0 bridgehead atoms. The summed E-state index contributed by atoms with van der Waals surface area (Å²) in [6.07, 6.45) is 6.66. The van der Waals surface area contributed by atoms with Gasteiger partial charge in [-0.1, -0.05) is 0 Å². The van der Waals surface area contributed by atoms with Crippen molar-refractivity contribution in [2.45, 2.75) is 0 Å². The summed E-state index contributed by atoms with van der Waals surface area (Å²) < 4.78 is 12.7. The number of hydrogen-bond acceptors (Lipinski definition) is 8. The first-order valence-electron chi connectivity index (χ1n) is 7.66. The van der Waals surface area contributed by atoms with Gasteiger partial charge in [-0.25, -0.2) is 9.50 Å². The second-order valence-corrected chi connectivity index (χ2v) is 6.25. The second-order valence-electron chi connectivity index (χ2n) is 5.33. The zero-order valence-electron chi connectivity index (χ0n) is 13.2. The summed E-state index contributed by atoms with van der Waals surface area (Å²) in [5.74, 6) is 1.13. The molecule has 0 radical (unpaired) electrons. The van der Waals surface area contributed by atoms with Crippen LogP contribution in [0.5, 0.6) is 10.9 Å². The van der Waals surface area contributed by atoms with Crippen LogP contribution in [0.1, 0.15) is 0 Å². The maximum absolute atomic E-state index is 5.81. The van der Waals surface area contributed by atoms with Crippen molar-refractivity contribution in [2.24, 2.45) is 0 Å². The molecule has 1 aromatic carbocycles. The smallest absolute Gasteiger partial charge is 0.299 e. The zero-order chi connectivity index (χ0) is 17.3. The maximum atomic E-state index is 5.81. The summed E-state index contributed by atoms with van der Waals surface area (Å²) in [7, 11) is 0. The van der Waals surface area contributed by atoms with Crippen LogP contribution in [0.2, 0.25) is 0 Å². The van der Waals surface area contributed by atoms with Gasteiger partial charge in [-0.15, -0.1) is 15.3 Å². The van der Waals surface area contributed by atoms with Crippen LogP contribution in [-0.2, 0) is 0 Å². The Hall–Kier alpha value is -3.59. The van der Waals surface area contributed by atoms with Gasteiger partial charge in [0.15, 0.2) is 0 Å². The predicted molar refractivity (Wildman–Crippen MR) is 93.9 cm³/mol. The zero-order valence-corrected chi connectivity index (χ0v) is 14.0.